The molecule has 0 bridgehead atoms. The van der Waals surface area contributed by atoms with Gasteiger partial charge in [-0.25, -0.2) is 0 Å². The summed E-state index contributed by atoms with van der Waals surface area (Å²) < 4.78 is 5.66. The minimum Gasteiger partial charge on any atom is -0.432 e. The average molecular weight is 280 g/mol. The highest BCUT2D eigenvalue weighted by atomic mass is 16.4. The molecule has 0 saturated carbocycles. The molecule has 0 radical (unpaired) electrons. The Morgan fingerprint density at radius 2 is 1.90 bits per heavy atom. The van der Waals surface area contributed by atoms with Crippen molar-refractivity contribution in [3.63, 3.8) is 0 Å². The highest BCUT2D eigenvalue weighted by molar-refractivity contribution is 5.29. The number of rotatable bonds is 3. The summed E-state index contributed by atoms with van der Waals surface area (Å²) in [5, 5.41) is 3.43. The van der Waals surface area contributed by atoms with Crippen molar-refractivity contribution in [1.29, 1.82) is 0 Å². The van der Waals surface area contributed by atoms with Gasteiger partial charge in [-0.1, -0.05) is 0 Å². The van der Waals surface area contributed by atoms with Crippen molar-refractivity contribution >= 4 is 6.01 Å². The number of likely N-dealkylation sites (N-methyl/N-ethyl adjacent to an activating group) is 1. The number of anilines is 1. The van der Waals surface area contributed by atoms with Gasteiger partial charge in [-0.15, -0.1) is 0 Å². The van der Waals surface area contributed by atoms with Gasteiger partial charge in [0, 0.05) is 37.3 Å². The third-order valence-electron chi connectivity index (χ3n) is 3.97. The minimum atomic E-state index is 0.0932. The topological polar surface area (TPSA) is 44.5 Å². The van der Waals surface area contributed by atoms with Crippen LogP contribution in [0.1, 0.15) is 40.3 Å². The van der Waals surface area contributed by atoms with Crippen molar-refractivity contribution in [2.24, 2.45) is 0 Å². The molecule has 1 aromatic rings. The zero-order chi connectivity index (χ0) is 14.9. The van der Waals surface area contributed by atoms with Crippen molar-refractivity contribution in [1.82, 2.24) is 15.2 Å². The van der Waals surface area contributed by atoms with Crippen molar-refractivity contribution in [2.75, 3.05) is 25.0 Å². The minimum absolute atomic E-state index is 0.0932. The molecule has 1 N–H and O–H groups in total. The zero-order valence-corrected chi connectivity index (χ0v) is 13.6. The van der Waals surface area contributed by atoms with Gasteiger partial charge in [0.15, 0.2) is 0 Å². The number of nitrogens with one attached hydrogen (secondary N) is 1. The molecule has 2 heterocycles. The lowest BCUT2D eigenvalue weighted by Crippen LogP contribution is -2.55. The third kappa shape index (κ3) is 3.73. The Morgan fingerprint density at radius 3 is 2.45 bits per heavy atom. The van der Waals surface area contributed by atoms with Crippen LogP contribution >= 0.6 is 0 Å². The second-order valence-electron chi connectivity index (χ2n) is 6.99. The van der Waals surface area contributed by atoms with E-state index >= 15 is 0 Å². The fourth-order valence-corrected chi connectivity index (χ4v) is 2.44. The average Bonchev–Trinajstić information content (AvgIpc) is 2.81. The molecule has 0 spiro atoms. The predicted octanol–water partition coefficient (Wildman–Crippen LogP) is 2.09. The van der Waals surface area contributed by atoms with Crippen molar-refractivity contribution in [3.05, 3.63) is 12.0 Å². The summed E-state index contributed by atoms with van der Waals surface area (Å²) in [6.07, 6.45) is 1.77. The molecule has 0 aromatic carbocycles. The summed E-state index contributed by atoms with van der Waals surface area (Å²) in [5.41, 5.74) is 1.06. The van der Waals surface area contributed by atoms with Gasteiger partial charge in [-0.3, -0.25) is 4.90 Å². The summed E-state index contributed by atoms with van der Waals surface area (Å²) in [6.45, 7) is 13.6. The fraction of sp³-hybridized carbons (Fsp3) is 0.800. The van der Waals surface area contributed by atoms with E-state index in [-0.39, 0.29) is 5.54 Å². The zero-order valence-electron chi connectivity index (χ0n) is 13.6. The lowest BCUT2D eigenvalue weighted by molar-refractivity contribution is 0.166. The van der Waals surface area contributed by atoms with Crippen LogP contribution in [0.2, 0.25) is 0 Å². The standard InChI is InChI=1S/C15H28N4O/c1-11-8-19(9-12(2)18(11)6)14-17-13(10-20-14)7-16-15(3,4)5/h10-12,16H,7-9H2,1-6H3. The molecule has 0 amide bonds. The second kappa shape index (κ2) is 5.74. The third-order valence-corrected chi connectivity index (χ3v) is 3.97. The van der Waals surface area contributed by atoms with E-state index in [4.69, 9.17) is 4.42 Å². The first kappa shape index (κ1) is 15.3. The number of nitrogens with zero attached hydrogens (tertiary/aromatic N) is 3. The van der Waals surface area contributed by atoms with Gasteiger partial charge in [-0.05, 0) is 41.7 Å². The molecule has 2 rings (SSSR count). The first-order valence-corrected chi connectivity index (χ1v) is 7.42. The van der Waals surface area contributed by atoms with E-state index in [0.717, 1.165) is 31.3 Å². The maximum absolute atomic E-state index is 5.66. The molecule has 1 fully saturated rings. The van der Waals surface area contributed by atoms with Crippen LogP contribution in [-0.4, -0.2) is 47.6 Å². The second-order valence-corrected chi connectivity index (χ2v) is 6.99. The Bertz CT molecular complexity index is 425. The largest absolute Gasteiger partial charge is 0.432 e. The maximum atomic E-state index is 5.66. The van der Waals surface area contributed by atoms with Crippen LogP contribution in [0.3, 0.4) is 0 Å². The summed E-state index contributed by atoms with van der Waals surface area (Å²) in [5.74, 6) is 0. The lowest BCUT2D eigenvalue weighted by atomic mass is 10.1. The van der Waals surface area contributed by atoms with Gasteiger partial charge in [0.1, 0.15) is 6.26 Å². The van der Waals surface area contributed by atoms with Gasteiger partial charge in [0.2, 0.25) is 0 Å². The molecule has 1 aromatic heterocycles. The molecule has 2 unspecified atom stereocenters. The Labute approximate surface area is 122 Å². The van der Waals surface area contributed by atoms with Crippen LogP contribution in [0.15, 0.2) is 10.7 Å². The molecule has 1 aliphatic heterocycles. The lowest BCUT2D eigenvalue weighted by Gasteiger charge is -2.41. The van der Waals surface area contributed by atoms with Crippen LogP contribution in [0, 0.1) is 0 Å². The number of hydrogen-bond acceptors (Lipinski definition) is 5. The smallest absolute Gasteiger partial charge is 0.297 e. The molecule has 5 nitrogen and oxygen atoms in total. The number of aromatic nitrogens is 1. The molecule has 20 heavy (non-hydrogen) atoms. The Balaban J connectivity index is 1.98. The van der Waals surface area contributed by atoms with Crippen LogP contribution in [0.5, 0.6) is 0 Å². The molecule has 1 saturated heterocycles. The highest BCUT2D eigenvalue weighted by Gasteiger charge is 2.28. The van der Waals surface area contributed by atoms with Crippen molar-refractivity contribution < 1.29 is 4.42 Å². The monoisotopic (exact) mass is 280 g/mol. The fourth-order valence-electron chi connectivity index (χ4n) is 2.44. The molecular formula is C15H28N4O. The Kier molecular flexibility index (Phi) is 4.39. The van der Waals surface area contributed by atoms with E-state index in [1.807, 2.05) is 0 Å². The van der Waals surface area contributed by atoms with E-state index in [1.165, 1.54) is 0 Å². The molecular weight excluding hydrogens is 252 g/mol. The molecule has 5 heteroatoms. The maximum Gasteiger partial charge on any atom is 0.297 e. The summed E-state index contributed by atoms with van der Waals surface area (Å²) >= 11 is 0. The van der Waals surface area contributed by atoms with E-state index in [2.05, 4.69) is 61.8 Å². The molecule has 0 aliphatic carbocycles. The summed E-state index contributed by atoms with van der Waals surface area (Å²) in [4.78, 5) is 9.26. The summed E-state index contributed by atoms with van der Waals surface area (Å²) in [7, 11) is 2.18. The van der Waals surface area contributed by atoms with Gasteiger partial charge in [-0.2, -0.15) is 4.98 Å². The van der Waals surface area contributed by atoms with Gasteiger partial charge in [0.25, 0.3) is 6.01 Å². The van der Waals surface area contributed by atoms with Crippen LogP contribution in [0.4, 0.5) is 6.01 Å². The SMILES string of the molecule is CC1CN(c2nc(CNC(C)(C)C)co2)CC(C)N1C. The highest BCUT2D eigenvalue weighted by Crippen LogP contribution is 2.21. The number of hydrogen-bond donors (Lipinski definition) is 1. The van der Waals surface area contributed by atoms with Gasteiger partial charge in [0.05, 0.1) is 5.69 Å². The molecule has 1 aliphatic rings. The Morgan fingerprint density at radius 1 is 1.30 bits per heavy atom. The molecule has 114 valence electrons. The van der Waals surface area contributed by atoms with Gasteiger partial charge < -0.3 is 14.6 Å². The van der Waals surface area contributed by atoms with E-state index < -0.39 is 0 Å². The first-order chi connectivity index (χ1) is 9.26. The predicted molar refractivity (Wildman–Crippen MR) is 82.0 cm³/mol. The number of piperazine rings is 1. The summed E-state index contributed by atoms with van der Waals surface area (Å²) in [6, 6.07) is 1.78. The number of oxazole rings is 1. The van der Waals surface area contributed by atoms with Crippen LogP contribution in [-0.2, 0) is 6.54 Å². The van der Waals surface area contributed by atoms with Crippen LogP contribution in [0.25, 0.3) is 0 Å². The van der Waals surface area contributed by atoms with Crippen molar-refractivity contribution in [3.8, 4) is 0 Å². The van der Waals surface area contributed by atoms with E-state index in [0.29, 0.717) is 12.1 Å². The van der Waals surface area contributed by atoms with Gasteiger partial charge >= 0.3 is 0 Å². The normalized spacial score (nSPS) is 25.2. The molecule has 2 atom stereocenters. The Hall–Kier alpha value is -1.07. The first-order valence-electron chi connectivity index (χ1n) is 7.42. The van der Waals surface area contributed by atoms with E-state index in [9.17, 15) is 0 Å². The quantitative estimate of drug-likeness (QED) is 0.918. The van der Waals surface area contributed by atoms with E-state index in [1.54, 1.807) is 6.26 Å². The van der Waals surface area contributed by atoms with Crippen LogP contribution < -0.4 is 10.2 Å². The van der Waals surface area contributed by atoms with Crippen molar-refractivity contribution in [2.45, 2.75) is 58.8 Å².